The number of halogens is 1. The van der Waals surface area contributed by atoms with E-state index in [0.29, 0.717) is 44.1 Å². The van der Waals surface area contributed by atoms with Crippen LogP contribution in [0.3, 0.4) is 0 Å². The number of nitrogens with one attached hydrogen (secondary N) is 1. The Kier molecular flexibility index (Phi) is 5.60. The molecule has 5 rings (SSSR count). The highest BCUT2D eigenvalue weighted by Crippen LogP contribution is 2.38. The van der Waals surface area contributed by atoms with Crippen LogP contribution in [-0.2, 0) is 11.3 Å². The molecule has 8 heteroatoms. The van der Waals surface area contributed by atoms with Crippen molar-refractivity contribution in [2.24, 2.45) is 0 Å². The normalized spacial score (nSPS) is 22.6. The Morgan fingerprint density at radius 2 is 1.94 bits per heavy atom. The summed E-state index contributed by atoms with van der Waals surface area (Å²) in [6, 6.07) is 11.7. The van der Waals surface area contributed by atoms with Crippen LogP contribution < -0.4 is 10.2 Å². The second kappa shape index (κ2) is 8.55. The molecule has 2 fully saturated rings. The van der Waals surface area contributed by atoms with Crippen molar-refractivity contribution in [3.63, 3.8) is 0 Å². The molecule has 3 aromatic rings. The number of hydrogen-bond donors (Lipinski definition) is 2. The lowest BCUT2D eigenvalue weighted by Gasteiger charge is -2.48. The van der Waals surface area contributed by atoms with Gasteiger partial charge in [-0.05, 0) is 43.0 Å². The van der Waals surface area contributed by atoms with Crippen LogP contribution in [0.15, 0.2) is 36.4 Å². The quantitative estimate of drug-likeness (QED) is 0.572. The first-order chi connectivity index (χ1) is 15.5. The number of nitrogens with zero attached hydrogens (tertiary/aromatic N) is 4. The summed E-state index contributed by atoms with van der Waals surface area (Å²) in [7, 11) is 0. The fourth-order valence-corrected chi connectivity index (χ4v) is 4.89. The van der Waals surface area contributed by atoms with Crippen LogP contribution in [0.5, 0.6) is 0 Å². The molecule has 2 atom stereocenters. The number of ether oxygens (including phenoxy) is 1. The van der Waals surface area contributed by atoms with E-state index in [-0.39, 0.29) is 18.2 Å². The number of hydrogen-bond acceptors (Lipinski definition) is 6. The average Bonchev–Trinajstić information content (AvgIpc) is 2.79. The summed E-state index contributed by atoms with van der Waals surface area (Å²) < 4.78 is 5.75. The van der Waals surface area contributed by atoms with Gasteiger partial charge in [-0.15, -0.1) is 10.2 Å². The van der Waals surface area contributed by atoms with Gasteiger partial charge >= 0.3 is 0 Å². The van der Waals surface area contributed by atoms with Crippen molar-refractivity contribution in [3.05, 3.63) is 64.0 Å². The van der Waals surface area contributed by atoms with E-state index in [4.69, 9.17) is 22.9 Å². The van der Waals surface area contributed by atoms with Crippen LogP contribution in [-0.4, -0.2) is 46.7 Å². The zero-order chi connectivity index (χ0) is 22.2. The number of aryl methyl sites for hydroxylation is 1. The predicted octanol–water partition coefficient (Wildman–Crippen LogP) is 4.48. The maximum atomic E-state index is 10.2. The third-order valence-corrected chi connectivity index (χ3v) is 6.72. The smallest absolute Gasteiger partial charge is 0.188 e. The highest BCUT2D eigenvalue weighted by molar-refractivity contribution is 6.31. The molecular formula is C24H24ClN5O2. The lowest BCUT2D eigenvalue weighted by molar-refractivity contribution is 0.000888. The summed E-state index contributed by atoms with van der Waals surface area (Å²) in [5, 5.41) is 25.3. The van der Waals surface area contributed by atoms with Crippen LogP contribution in [0.2, 0.25) is 5.02 Å². The van der Waals surface area contributed by atoms with E-state index >= 15 is 0 Å². The highest BCUT2D eigenvalue weighted by atomic mass is 35.5. The van der Waals surface area contributed by atoms with Gasteiger partial charge in [0.05, 0.1) is 38.0 Å². The summed E-state index contributed by atoms with van der Waals surface area (Å²) in [6.07, 6.45) is 0.975. The second-order valence-electron chi connectivity index (χ2n) is 8.53. The van der Waals surface area contributed by atoms with Gasteiger partial charge in [0.2, 0.25) is 0 Å². The van der Waals surface area contributed by atoms with Gasteiger partial charge < -0.3 is 20.1 Å². The lowest BCUT2D eigenvalue weighted by atomic mass is 9.91. The summed E-state index contributed by atoms with van der Waals surface area (Å²) in [6.45, 7) is 11.1. The van der Waals surface area contributed by atoms with Gasteiger partial charge in [-0.3, -0.25) is 0 Å². The predicted molar refractivity (Wildman–Crippen MR) is 125 cm³/mol. The van der Waals surface area contributed by atoms with Crippen molar-refractivity contribution in [1.82, 2.24) is 10.2 Å². The van der Waals surface area contributed by atoms with E-state index in [0.717, 1.165) is 32.7 Å². The minimum atomic E-state index is -0.319. The van der Waals surface area contributed by atoms with Gasteiger partial charge in [-0.1, -0.05) is 35.9 Å². The second-order valence-corrected chi connectivity index (χ2v) is 8.94. The maximum absolute atomic E-state index is 10.2. The summed E-state index contributed by atoms with van der Waals surface area (Å²) >= 11 is 6.27. The molecule has 3 heterocycles. The largest absolute Gasteiger partial charge is 0.393 e. The van der Waals surface area contributed by atoms with Gasteiger partial charge in [0.1, 0.15) is 0 Å². The van der Waals surface area contributed by atoms with E-state index in [9.17, 15) is 5.11 Å². The molecule has 2 N–H and O–H groups in total. The van der Waals surface area contributed by atoms with E-state index in [1.54, 1.807) is 0 Å². The number of benzene rings is 2. The molecular weight excluding hydrogens is 426 g/mol. The Bertz CT molecular complexity index is 1200. The van der Waals surface area contributed by atoms with Gasteiger partial charge in [0.25, 0.3) is 0 Å². The third-order valence-electron chi connectivity index (χ3n) is 6.31. The standard InChI is InChI=1S/C24H24ClN5O2/c1-14-3-4-15(7-22(14)25)11-27-23-21-8-16(26-2)5-6-20(21)24(29-28-23)30-17-9-19(31)10-18(30)13-32-12-17/h3-8,17-19,31H,9-13H2,1H3,(H,27,28). The molecule has 0 spiro atoms. The average molecular weight is 450 g/mol. The molecule has 2 aromatic carbocycles. The molecule has 2 unspecified atom stereocenters. The summed E-state index contributed by atoms with van der Waals surface area (Å²) in [4.78, 5) is 5.86. The van der Waals surface area contributed by atoms with Crippen molar-refractivity contribution in [1.29, 1.82) is 0 Å². The SMILES string of the molecule is [C-]#[N+]c1ccc2c(N3C4COCC3CC(O)C4)nnc(NCc3ccc(C)c(Cl)c3)c2c1. The highest BCUT2D eigenvalue weighted by Gasteiger charge is 2.40. The molecule has 2 aliphatic rings. The van der Waals surface area contributed by atoms with Crippen molar-refractivity contribution in [2.75, 3.05) is 23.4 Å². The van der Waals surface area contributed by atoms with Crippen LogP contribution in [0.25, 0.3) is 15.6 Å². The Labute approximate surface area is 191 Å². The first kappa shape index (κ1) is 21.0. The first-order valence-corrected chi connectivity index (χ1v) is 11.1. The molecule has 2 aliphatic heterocycles. The Morgan fingerprint density at radius 1 is 1.16 bits per heavy atom. The Balaban J connectivity index is 1.52. The zero-order valence-electron chi connectivity index (χ0n) is 17.8. The van der Waals surface area contributed by atoms with Gasteiger partial charge in [-0.2, -0.15) is 0 Å². The monoisotopic (exact) mass is 449 g/mol. The molecule has 1 aromatic heterocycles. The van der Waals surface area contributed by atoms with Crippen molar-refractivity contribution >= 4 is 39.7 Å². The number of fused-ring (bicyclic) bond motifs is 3. The first-order valence-electron chi connectivity index (χ1n) is 10.7. The molecule has 0 amide bonds. The van der Waals surface area contributed by atoms with Crippen molar-refractivity contribution in [3.8, 4) is 0 Å². The number of aliphatic hydroxyl groups is 1. The number of aromatic nitrogens is 2. The molecule has 0 aliphatic carbocycles. The van der Waals surface area contributed by atoms with Crippen LogP contribution >= 0.6 is 11.6 Å². The minimum absolute atomic E-state index is 0.0593. The van der Waals surface area contributed by atoms with Gasteiger partial charge in [0, 0.05) is 22.3 Å². The van der Waals surface area contributed by atoms with E-state index in [2.05, 4.69) is 25.3 Å². The van der Waals surface area contributed by atoms with E-state index in [1.165, 1.54) is 0 Å². The van der Waals surface area contributed by atoms with E-state index < -0.39 is 0 Å². The fraction of sp³-hybridized carbons (Fsp3) is 0.375. The Hall–Kier alpha value is -2.92. The van der Waals surface area contributed by atoms with E-state index in [1.807, 2.05) is 43.3 Å². The Morgan fingerprint density at radius 3 is 2.66 bits per heavy atom. The number of piperidine rings is 1. The number of morpholine rings is 1. The van der Waals surface area contributed by atoms with Gasteiger partial charge in [0.15, 0.2) is 17.3 Å². The third kappa shape index (κ3) is 3.86. The molecule has 0 radical (unpaired) electrons. The molecule has 32 heavy (non-hydrogen) atoms. The van der Waals surface area contributed by atoms with Crippen LogP contribution in [0.1, 0.15) is 24.0 Å². The molecule has 7 nitrogen and oxygen atoms in total. The zero-order valence-corrected chi connectivity index (χ0v) is 18.5. The van der Waals surface area contributed by atoms with Crippen molar-refractivity contribution in [2.45, 2.75) is 44.5 Å². The van der Waals surface area contributed by atoms with Crippen LogP contribution in [0.4, 0.5) is 17.3 Å². The molecule has 2 bridgehead atoms. The number of anilines is 2. The van der Waals surface area contributed by atoms with Gasteiger partial charge in [-0.25, -0.2) is 4.85 Å². The summed E-state index contributed by atoms with van der Waals surface area (Å²) in [5.74, 6) is 1.41. The topological polar surface area (TPSA) is 74.9 Å². The molecule has 0 saturated carbocycles. The molecule has 164 valence electrons. The van der Waals surface area contributed by atoms with Crippen molar-refractivity contribution < 1.29 is 9.84 Å². The number of aliphatic hydroxyl groups excluding tert-OH is 1. The summed E-state index contributed by atoms with van der Waals surface area (Å²) in [5.41, 5.74) is 2.63. The fourth-order valence-electron chi connectivity index (χ4n) is 4.68. The van der Waals surface area contributed by atoms with Crippen LogP contribution in [0, 0.1) is 13.5 Å². The lowest BCUT2D eigenvalue weighted by Crippen LogP contribution is -2.58. The maximum Gasteiger partial charge on any atom is 0.188 e. The number of rotatable bonds is 4. The minimum Gasteiger partial charge on any atom is -0.393 e. The molecule has 2 saturated heterocycles.